The topological polar surface area (TPSA) is 50.4 Å². The number of nitrogens with one attached hydrogen (secondary N) is 2. The van der Waals surface area contributed by atoms with Crippen molar-refractivity contribution in [3.8, 4) is 0 Å². The zero-order valence-electron chi connectivity index (χ0n) is 9.91. The summed E-state index contributed by atoms with van der Waals surface area (Å²) in [5.41, 5.74) is 1.30. The molecule has 16 heavy (non-hydrogen) atoms. The summed E-state index contributed by atoms with van der Waals surface area (Å²) < 4.78 is 5.20. The highest BCUT2D eigenvalue weighted by Gasteiger charge is 2.06. The first-order valence-electron chi connectivity index (χ1n) is 5.45. The van der Waals surface area contributed by atoms with Gasteiger partial charge in [0.05, 0.1) is 6.10 Å². The maximum atomic E-state index is 11.3. The lowest BCUT2D eigenvalue weighted by atomic mass is 10.1. The van der Waals surface area contributed by atoms with Crippen LogP contribution >= 0.6 is 12.4 Å². The Hall–Kier alpha value is -0.580. The summed E-state index contributed by atoms with van der Waals surface area (Å²) in [5, 5.41) is 6.08. The molecule has 0 fully saturated rings. The number of carbonyl (C=O) groups excluding carboxylic acids is 1. The maximum Gasteiger partial charge on any atom is 0.246 e. The van der Waals surface area contributed by atoms with Crippen molar-refractivity contribution < 1.29 is 9.53 Å². The molecule has 1 aliphatic heterocycles. The lowest BCUT2D eigenvalue weighted by Crippen LogP contribution is -2.32. The van der Waals surface area contributed by atoms with Crippen molar-refractivity contribution in [3.63, 3.8) is 0 Å². The van der Waals surface area contributed by atoms with Crippen LogP contribution in [0.1, 0.15) is 20.3 Å². The summed E-state index contributed by atoms with van der Waals surface area (Å²) in [4.78, 5) is 11.3. The van der Waals surface area contributed by atoms with Crippen LogP contribution in [0.5, 0.6) is 0 Å². The Bertz CT molecular complexity index is 242. The predicted molar refractivity (Wildman–Crippen MR) is 66.9 cm³/mol. The molecule has 0 spiro atoms. The van der Waals surface area contributed by atoms with Crippen molar-refractivity contribution in [1.29, 1.82) is 0 Å². The number of amides is 1. The van der Waals surface area contributed by atoms with E-state index >= 15 is 0 Å². The van der Waals surface area contributed by atoms with Crippen molar-refractivity contribution in [1.82, 2.24) is 10.6 Å². The molecule has 94 valence electrons. The summed E-state index contributed by atoms with van der Waals surface area (Å²) >= 11 is 0. The summed E-state index contributed by atoms with van der Waals surface area (Å²) in [6.45, 7) is 6.56. The van der Waals surface area contributed by atoms with Gasteiger partial charge >= 0.3 is 0 Å². The van der Waals surface area contributed by atoms with E-state index in [0.29, 0.717) is 6.54 Å². The third kappa shape index (κ3) is 6.82. The molecule has 1 heterocycles. The highest BCUT2D eigenvalue weighted by Crippen LogP contribution is 2.01. The van der Waals surface area contributed by atoms with Gasteiger partial charge in [0, 0.05) is 13.1 Å². The number of hydrogen-bond acceptors (Lipinski definition) is 3. The van der Waals surface area contributed by atoms with E-state index in [-0.39, 0.29) is 31.0 Å². The molecule has 0 bridgehead atoms. The maximum absolute atomic E-state index is 11.3. The fraction of sp³-hybridized carbons (Fsp3) is 0.727. The van der Waals surface area contributed by atoms with E-state index in [1.807, 2.05) is 13.8 Å². The Balaban J connectivity index is 0.00000225. The zero-order chi connectivity index (χ0) is 11.1. The van der Waals surface area contributed by atoms with Gasteiger partial charge in [-0.3, -0.25) is 4.79 Å². The predicted octanol–water partition coefficient (Wildman–Crippen LogP) is 0.869. The Kier molecular flexibility index (Phi) is 8.25. The minimum Gasteiger partial charge on any atom is -0.369 e. The molecule has 0 aromatic carbocycles. The largest absolute Gasteiger partial charge is 0.369 e. The number of rotatable bonds is 5. The molecule has 0 saturated carbocycles. The fourth-order valence-electron chi connectivity index (χ4n) is 1.34. The molecular formula is C11H21ClN2O2. The molecule has 0 radical (unpaired) electrons. The van der Waals surface area contributed by atoms with E-state index in [4.69, 9.17) is 4.74 Å². The van der Waals surface area contributed by atoms with Crippen molar-refractivity contribution in [2.45, 2.75) is 26.4 Å². The molecular weight excluding hydrogens is 228 g/mol. The number of hydrogen-bond donors (Lipinski definition) is 2. The van der Waals surface area contributed by atoms with Crippen LogP contribution in [-0.4, -0.2) is 38.3 Å². The molecule has 0 aromatic rings. The minimum absolute atomic E-state index is 0. The monoisotopic (exact) mass is 248 g/mol. The fourth-order valence-corrected chi connectivity index (χ4v) is 1.34. The number of ether oxygens (including phenoxy) is 1. The van der Waals surface area contributed by atoms with Crippen LogP contribution in [0.25, 0.3) is 0 Å². The molecule has 0 unspecified atom stereocenters. The van der Waals surface area contributed by atoms with E-state index in [9.17, 15) is 4.79 Å². The standard InChI is InChI=1S/C11H20N2O2.ClH/c1-9(2)15-8-11(14)13-7-10-3-5-12-6-4-10;/h3,9,12H,4-8H2,1-2H3,(H,13,14);1H. The summed E-state index contributed by atoms with van der Waals surface area (Å²) in [5.74, 6) is -0.0388. The first-order chi connectivity index (χ1) is 7.18. The molecule has 0 aliphatic carbocycles. The molecule has 1 rings (SSSR count). The zero-order valence-corrected chi connectivity index (χ0v) is 10.7. The van der Waals surface area contributed by atoms with Crippen LogP contribution in [0.3, 0.4) is 0 Å². The molecule has 0 atom stereocenters. The third-order valence-electron chi connectivity index (χ3n) is 2.22. The van der Waals surface area contributed by atoms with E-state index < -0.39 is 0 Å². The van der Waals surface area contributed by atoms with Crippen molar-refractivity contribution in [3.05, 3.63) is 11.6 Å². The highest BCUT2D eigenvalue weighted by atomic mass is 35.5. The lowest BCUT2D eigenvalue weighted by molar-refractivity contribution is -0.126. The second-order valence-corrected chi connectivity index (χ2v) is 3.95. The number of halogens is 1. The Labute approximate surface area is 103 Å². The normalized spacial score (nSPS) is 15.3. The molecule has 5 heteroatoms. The van der Waals surface area contributed by atoms with E-state index in [1.54, 1.807) is 0 Å². The van der Waals surface area contributed by atoms with Gasteiger partial charge in [-0.15, -0.1) is 12.4 Å². The van der Waals surface area contributed by atoms with Crippen molar-refractivity contribution >= 4 is 18.3 Å². The first-order valence-corrected chi connectivity index (χ1v) is 5.45. The molecule has 0 saturated heterocycles. The molecule has 4 nitrogen and oxygen atoms in total. The quantitative estimate of drug-likeness (QED) is 0.710. The van der Waals surface area contributed by atoms with Gasteiger partial charge < -0.3 is 15.4 Å². The van der Waals surface area contributed by atoms with Crippen molar-refractivity contribution in [2.75, 3.05) is 26.2 Å². The van der Waals surface area contributed by atoms with E-state index in [0.717, 1.165) is 19.5 Å². The van der Waals surface area contributed by atoms with Gasteiger partial charge in [-0.2, -0.15) is 0 Å². The minimum atomic E-state index is -0.0388. The molecule has 2 N–H and O–H groups in total. The van der Waals surface area contributed by atoms with Gasteiger partial charge in [0.1, 0.15) is 6.61 Å². The smallest absolute Gasteiger partial charge is 0.246 e. The van der Waals surface area contributed by atoms with Crippen LogP contribution in [0, 0.1) is 0 Å². The van der Waals surface area contributed by atoms with Gasteiger partial charge in [0.2, 0.25) is 5.91 Å². The molecule has 1 amide bonds. The Morgan fingerprint density at radius 3 is 2.94 bits per heavy atom. The first kappa shape index (κ1) is 15.4. The van der Waals surface area contributed by atoms with Gasteiger partial charge in [-0.1, -0.05) is 11.6 Å². The van der Waals surface area contributed by atoms with Crippen LogP contribution in [0.15, 0.2) is 11.6 Å². The van der Waals surface area contributed by atoms with Gasteiger partial charge in [0.25, 0.3) is 0 Å². The second-order valence-electron chi connectivity index (χ2n) is 3.95. The SMILES string of the molecule is CC(C)OCC(=O)NCC1=CCNCC1.Cl. The second kappa shape index (κ2) is 8.56. The average Bonchev–Trinajstić information content (AvgIpc) is 2.25. The van der Waals surface area contributed by atoms with Crippen LogP contribution < -0.4 is 10.6 Å². The van der Waals surface area contributed by atoms with Crippen molar-refractivity contribution in [2.24, 2.45) is 0 Å². The summed E-state index contributed by atoms with van der Waals surface area (Å²) in [6.07, 6.45) is 3.26. The van der Waals surface area contributed by atoms with Gasteiger partial charge in [-0.25, -0.2) is 0 Å². The van der Waals surface area contributed by atoms with Gasteiger partial charge in [0.15, 0.2) is 0 Å². The number of carbonyl (C=O) groups is 1. The third-order valence-corrected chi connectivity index (χ3v) is 2.22. The summed E-state index contributed by atoms with van der Waals surface area (Å²) in [7, 11) is 0. The van der Waals surface area contributed by atoms with Gasteiger partial charge in [-0.05, 0) is 26.8 Å². The van der Waals surface area contributed by atoms with E-state index in [1.165, 1.54) is 5.57 Å². The van der Waals surface area contributed by atoms with E-state index in [2.05, 4.69) is 16.7 Å². The van der Waals surface area contributed by atoms with Crippen LogP contribution in [0.4, 0.5) is 0 Å². The highest BCUT2D eigenvalue weighted by molar-refractivity contribution is 5.85. The lowest BCUT2D eigenvalue weighted by Gasteiger charge is -2.14. The average molecular weight is 249 g/mol. The summed E-state index contributed by atoms with van der Waals surface area (Å²) in [6, 6.07) is 0. The molecule has 0 aromatic heterocycles. The molecule has 1 aliphatic rings. The van der Waals surface area contributed by atoms with Crippen LogP contribution in [0.2, 0.25) is 0 Å². The van der Waals surface area contributed by atoms with Crippen LogP contribution in [-0.2, 0) is 9.53 Å². The Morgan fingerprint density at radius 2 is 2.38 bits per heavy atom. The Morgan fingerprint density at radius 1 is 1.62 bits per heavy atom.